The number of aromatic nitrogens is 5. The molecule has 2 aromatic heterocycles. The van der Waals surface area contributed by atoms with E-state index >= 15 is 0 Å². The predicted molar refractivity (Wildman–Crippen MR) is 187 cm³/mol. The van der Waals surface area contributed by atoms with E-state index in [9.17, 15) is 18.4 Å². The fourth-order valence-corrected chi connectivity index (χ4v) is 7.09. The number of carbonyl (C=O) groups excluding carboxylic acids is 2. The lowest BCUT2D eigenvalue weighted by Gasteiger charge is -2.32. The molecule has 2 amide bonds. The zero-order valence-electron chi connectivity index (χ0n) is 27.2. The van der Waals surface area contributed by atoms with Crippen molar-refractivity contribution in [2.75, 3.05) is 31.9 Å². The van der Waals surface area contributed by atoms with E-state index in [1.165, 1.54) is 5.56 Å². The highest BCUT2D eigenvalue weighted by molar-refractivity contribution is 9.10. The third-order valence-electron chi connectivity index (χ3n) is 9.42. The van der Waals surface area contributed by atoms with Gasteiger partial charge in [0.25, 0.3) is 11.8 Å². The van der Waals surface area contributed by atoms with Crippen LogP contribution in [0.25, 0.3) is 11.3 Å². The molecule has 1 saturated heterocycles. The van der Waals surface area contributed by atoms with Gasteiger partial charge in [-0.1, -0.05) is 41.6 Å². The number of nitrogens with two attached hydrogens (primary N) is 1. The Hall–Kier alpha value is -4.95. The molecule has 2 aliphatic rings. The van der Waals surface area contributed by atoms with Crippen LogP contribution in [-0.2, 0) is 19.6 Å². The zero-order chi connectivity index (χ0) is 34.8. The summed E-state index contributed by atoms with van der Waals surface area (Å²) in [7, 11) is 0. The SMILES string of the molecule is Nc1c(-c2cn(C3CCN(C(=O)c4cccc(C(=O)NCC5CN(Cc6ccccc6)Cc6nccn6C5)c4)CC3)nn2)cc(F)c(Br)c1F. The van der Waals surface area contributed by atoms with Gasteiger partial charge in [0.15, 0.2) is 5.82 Å². The molecule has 7 rings (SSSR count). The van der Waals surface area contributed by atoms with Crippen LogP contribution in [0, 0.1) is 17.6 Å². The summed E-state index contributed by atoms with van der Waals surface area (Å²) in [5, 5.41) is 11.4. The Morgan fingerprint density at radius 2 is 1.78 bits per heavy atom. The molecule has 3 N–H and O–H groups in total. The molecule has 1 atom stereocenters. The van der Waals surface area contributed by atoms with Crippen LogP contribution < -0.4 is 11.1 Å². The summed E-state index contributed by atoms with van der Waals surface area (Å²) < 4.78 is 32.0. The van der Waals surface area contributed by atoms with Crippen molar-refractivity contribution in [3.05, 3.63) is 118 Å². The summed E-state index contributed by atoms with van der Waals surface area (Å²) in [5.74, 6) is -0.874. The topological polar surface area (TPSA) is 127 Å². The first-order valence-electron chi connectivity index (χ1n) is 16.5. The van der Waals surface area contributed by atoms with Crippen LogP contribution in [0.15, 0.2) is 83.7 Å². The number of rotatable bonds is 8. The molecule has 0 bridgehead atoms. The summed E-state index contributed by atoms with van der Waals surface area (Å²) in [4.78, 5) is 35.5. The van der Waals surface area contributed by atoms with Gasteiger partial charge in [-0.15, -0.1) is 5.10 Å². The minimum absolute atomic E-state index is 0.0604. The molecule has 2 aliphatic heterocycles. The molecule has 1 fully saturated rings. The quantitative estimate of drug-likeness (QED) is 0.163. The Morgan fingerprint density at radius 1 is 1.00 bits per heavy atom. The van der Waals surface area contributed by atoms with Crippen LogP contribution in [0.5, 0.6) is 0 Å². The number of nitrogens with one attached hydrogen (secondary N) is 1. The van der Waals surface area contributed by atoms with Crippen LogP contribution in [-0.4, -0.2) is 72.3 Å². The van der Waals surface area contributed by atoms with Gasteiger partial charge in [0.05, 0.1) is 28.9 Å². The Kier molecular flexibility index (Phi) is 9.72. The average molecular weight is 745 g/mol. The standard InChI is InChI=1S/C36H36BrF2N9O2/c37-32-29(38)16-28(34(40)33(32)39)30-21-48(44-43-30)27-9-12-46(13-10-27)36(50)26-8-4-7-25(15-26)35(49)42-17-24-19-45(18-23-5-2-1-3-6-23)22-31-41-11-14-47(31)20-24/h1-8,11,14-16,21,24,27H,9-10,12-13,17-20,22,40H2,(H,42,49). The van der Waals surface area contributed by atoms with E-state index in [0.717, 1.165) is 38.1 Å². The van der Waals surface area contributed by atoms with E-state index in [0.29, 0.717) is 43.6 Å². The summed E-state index contributed by atoms with van der Waals surface area (Å²) in [6, 6.07) is 18.2. The first-order valence-corrected chi connectivity index (χ1v) is 17.3. The lowest BCUT2D eigenvalue weighted by Crippen LogP contribution is -2.39. The third-order valence-corrected chi connectivity index (χ3v) is 10.1. The molecule has 14 heteroatoms. The number of carbonyl (C=O) groups is 2. The van der Waals surface area contributed by atoms with Crippen molar-refractivity contribution in [1.82, 2.24) is 39.7 Å². The van der Waals surface area contributed by atoms with Crippen molar-refractivity contribution in [3.63, 3.8) is 0 Å². The Labute approximate surface area is 296 Å². The fourth-order valence-electron chi connectivity index (χ4n) is 6.76. The minimum atomic E-state index is -0.887. The molecule has 4 heterocycles. The number of amides is 2. The predicted octanol–water partition coefficient (Wildman–Crippen LogP) is 5.30. The number of imidazole rings is 1. The van der Waals surface area contributed by atoms with E-state index in [4.69, 9.17) is 5.73 Å². The number of nitrogens with zero attached hydrogens (tertiary/aromatic N) is 7. The summed E-state index contributed by atoms with van der Waals surface area (Å²) >= 11 is 2.86. The highest BCUT2D eigenvalue weighted by Gasteiger charge is 2.28. The number of halogens is 3. The van der Waals surface area contributed by atoms with Crippen molar-refractivity contribution in [3.8, 4) is 11.3 Å². The van der Waals surface area contributed by atoms with Crippen molar-refractivity contribution < 1.29 is 18.4 Å². The van der Waals surface area contributed by atoms with Crippen LogP contribution in [0.2, 0.25) is 0 Å². The highest BCUT2D eigenvalue weighted by Crippen LogP contribution is 2.34. The number of hydrogen-bond donors (Lipinski definition) is 2. The average Bonchev–Trinajstić information content (AvgIpc) is 3.78. The molecule has 50 heavy (non-hydrogen) atoms. The summed E-state index contributed by atoms with van der Waals surface area (Å²) in [5.41, 5.74) is 8.15. The Balaban J connectivity index is 0.950. The summed E-state index contributed by atoms with van der Waals surface area (Å²) in [6.07, 6.45) is 6.64. The molecular weight excluding hydrogens is 708 g/mol. The second kappa shape index (κ2) is 14.5. The third kappa shape index (κ3) is 7.17. The lowest BCUT2D eigenvalue weighted by atomic mass is 10.0. The van der Waals surface area contributed by atoms with Gasteiger partial charge in [0, 0.05) is 74.3 Å². The maximum absolute atomic E-state index is 14.3. The Morgan fingerprint density at radius 3 is 2.58 bits per heavy atom. The number of benzene rings is 3. The van der Waals surface area contributed by atoms with Gasteiger partial charge in [-0.05, 0) is 58.6 Å². The maximum Gasteiger partial charge on any atom is 0.253 e. The second-order valence-corrected chi connectivity index (χ2v) is 13.7. The largest absolute Gasteiger partial charge is 0.396 e. The molecule has 3 aromatic carbocycles. The lowest BCUT2D eigenvalue weighted by molar-refractivity contribution is 0.0689. The maximum atomic E-state index is 14.3. The van der Waals surface area contributed by atoms with Crippen LogP contribution in [0.1, 0.15) is 51.0 Å². The number of fused-ring (bicyclic) bond motifs is 1. The molecular formula is C36H36BrF2N9O2. The van der Waals surface area contributed by atoms with Crippen molar-refractivity contribution in [2.24, 2.45) is 5.92 Å². The van der Waals surface area contributed by atoms with Gasteiger partial charge in [0.2, 0.25) is 0 Å². The van der Waals surface area contributed by atoms with Crippen molar-refractivity contribution in [1.29, 1.82) is 0 Å². The number of nitrogen functional groups attached to an aromatic ring is 1. The molecule has 258 valence electrons. The highest BCUT2D eigenvalue weighted by atomic mass is 79.9. The molecule has 1 unspecified atom stereocenters. The fraction of sp³-hybridized carbons (Fsp3) is 0.306. The Bertz CT molecular complexity index is 2010. The smallest absolute Gasteiger partial charge is 0.253 e. The number of hydrogen-bond acceptors (Lipinski definition) is 7. The molecule has 0 aliphatic carbocycles. The van der Waals surface area contributed by atoms with Gasteiger partial charge >= 0.3 is 0 Å². The van der Waals surface area contributed by atoms with Crippen LogP contribution >= 0.6 is 15.9 Å². The first kappa shape index (κ1) is 33.5. The zero-order valence-corrected chi connectivity index (χ0v) is 28.8. The van der Waals surface area contributed by atoms with Gasteiger partial charge in [-0.25, -0.2) is 18.4 Å². The molecule has 11 nitrogen and oxygen atoms in total. The monoisotopic (exact) mass is 743 g/mol. The van der Waals surface area contributed by atoms with Gasteiger partial charge < -0.3 is 20.5 Å². The number of piperidine rings is 1. The van der Waals surface area contributed by atoms with Gasteiger partial charge in [0.1, 0.15) is 17.3 Å². The number of anilines is 1. The van der Waals surface area contributed by atoms with Crippen LogP contribution in [0.3, 0.4) is 0 Å². The van der Waals surface area contributed by atoms with Crippen molar-refractivity contribution in [2.45, 2.75) is 38.5 Å². The van der Waals surface area contributed by atoms with E-state index in [2.05, 4.69) is 58.1 Å². The number of likely N-dealkylation sites (tertiary alicyclic amines) is 1. The molecule has 0 spiro atoms. The second-order valence-electron chi connectivity index (χ2n) is 12.9. The van der Waals surface area contributed by atoms with E-state index in [-0.39, 0.29) is 45.2 Å². The molecule has 5 aromatic rings. The van der Waals surface area contributed by atoms with Crippen molar-refractivity contribution >= 4 is 33.4 Å². The summed E-state index contributed by atoms with van der Waals surface area (Å²) in [6.45, 7) is 4.50. The van der Waals surface area contributed by atoms with E-state index in [1.54, 1.807) is 40.0 Å². The van der Waals surface area contributed by atoms with Gasteiger partial charge in [-0.3, -0.25) is 14.5 Å². The molecule has 0 saturated carbocycles. The van der Waals surface area contributed by atoms with E-state index < -0.39 is 11.6 Å². The van der Waals surface area contributed by atoms with E-state index in [1.807, 2.05) is 30.6 Å². The first-order chi connectivity index (χ1) is 24.2. The minimum Gasteiger partial charge on any atom is -0.396 e. The molecule has 0 radical (unpaired) electrons. The van der Waals surface area contributed by atoms with Crippen LogP contribution in [0.4, 0.5) is 14.5 Å². The van der Waals surface area contributed by atoms with Gasteiger partial charge in [-0.2, -0.15) is 0 Å². The normalized spacial score (nSPS) is 16.9.